The van der Waals surface area contributed by atoms with Crippen LogP contribution in [0.5, 0.6) is 5.75 Å². The molecule has 2 amide bonds. The van der Waals surface area contributed by atoms with E-state index < -0.39 is 0 Å². The Hall–Kier alpha value is -3.23. The summed E-state index contributed by atoms with van der Waals surface area (Å²) in [5.74, 6) is 0.366. The van der Waals surface area contributed by atoms with E-state index in [0.29, 0.717) is 28.8 Å². The first-order valence-electron chi connectivity index (χ1n) is 10.7. The molecule has 0 atom stereocenters. The van der Waals surface area contributed by atoms with Crippen molar-refractivity contribution in [2.45, 2.75) is 12.8 Å². The Balaban J connectivity index is 1.50. The van der Waals surface area contributed by atoms with Gasteiger partial charge in [-0.15, -0.1) is 0 Å². The molecule has 3 aromatic carbocycles. The molecular formula is C26H26BrN3O3S. The van der Waals surface area contributed by atoms with E-state index in [1.807, 2.05) is 42.5 Å². The van der Waals surface area contributed by atoms with Gasteiger partial charge in [0.25, 0.3) is 5.91 Å². The number of ether oxygens (including phenoxy) is 1. The van der Waals surface area contributed by atoms with Crippen molar-refractivity contribution in [1.82, 2.24) is 10.2 Å². The van der Waals surface area contributed by atoms with Gasteiger partial charge < -0.3 is 15.0 Å². The maximum Gasteiger partial charge on any atom is 0.257 e. The highest BCUT2D eigenvalue weighted by Crippen LogP contribution is 2.26. The standard InChI is InChI=1S/C26H26BrN3O3S/c1-30(2)24(31)16-19-8-11-21(12-9-19)28-26(34)29-25(32)20-10-13-23(22(27)17-20)33-15-14-18-6-4-3-5-7-18/h3-13,17H,14-16H2,1-2H3,(H2,28,29,32,34). The van der Waals surface area contributed by atoms with Crippen LogP contribution in [0.1, 0.15) is 21.5 Å². The molecule has 0 aliphatic heterocycles. The number of rotatable bonds is 8. The third-order valence-corrected chi connectivity index (χ3v) is 5.80. The monoisotopic (exact) mass is 539 g/mol. The zero-order chi connectivity index (χ0) is 24.5. The number of nitrogens with zero attached hydrogens (tertiary/aromatic N) is 1. The molecule has 0 bridgehead atoms. The van der Waals surface area contributed by atoms with Gasteiger partial charge in [-0.1, -0.05) is 42.5 Å². The SMILES string of the molecule is CN(C)C(=O)Cc1ccc(NC(=S)NC(=O)c2ccc(OCCc3ccccc3)c(Br)c2)cc1. The van der Waals surface area contributed by atoms with E-state index in [0.717, 1.165) is 17.7 Å². The first kappa shape index (κ1) is 25.4. The van der Waals surface area contributed by atoms with Crippen LogP contribution >= 0.6 is 28.1 Å². The van der Waals surface area contributed by atoms with Crippen LogP contribution in [-0.4, -0.2) is 42.5 Å². The molecule has 0 saturated carbocycles. The van der Waals surface area contributed by atoms with Gasteiger partial charge in [0.2, 0.25) is 5.91 Å². The number of likely N-dealkylation sites (N-methyl/N-ethyl adjacent to an activating group) is 1. The van der Waals surface area contributed by atoms with Crippen LogP contribution in [-0.2, 0) is 17.6 Å². The lowest BCUT2D eigenvalue weighted by Gasteiger charge is -2.13. The molecule has 2 N–H and O–H groups in total. The van der Waals surface area contributed by atoms with Gasteiger partial charge in [0.15, 0.2) is 5.11 Å². The van der Waals surface area contributed by atoms with Crippen molar-refractivity contribution < 1.29 is 14.3 Å². The molecule has 8 heteroatoms. The molecule has 0 unspecified atom stereocenters. The molecule has 34 heavy (non-hydrogen) atoms. The van der Waals surface area contributed by atoms with Gasteiger partial charge >= 0.3 is 0 Å². The summed E-state index contributed by atoms with van der Waals surface area (Å²) in [6, 6.07) is 22.6. The zero-order valence-electron chi connectivity index (χ0n) is 19.0. The van der Waals surface area contributed by atoms with Gasteiger partial charge in [-0.05, 0) is 69.6 Å². The van der Waals surface area contributed by atoms with Gasteiger partial charge in [0.05, 0.1) is 17.5 Å². The number of thiocarbonyl (C=S) groups is 1. The largest absolute Gasteiger partial charge is 0.492 e. The van der Waals surface area contributed by atoms with Gasteiger partial charge in [0, 0.05) is 31.8 Å². The molecular weight excluding hydrogens is 514 g/mol. The van der Waals surface area contributed by atoms with Crippen molar-refractivity contribution in [2.75, 3.05) is 26.0 Å². The summed E-state index contributed by atoms with van der Waals surface area (Å²) in [6.45, 7) is 0.532. The summed E-state index contributed by atoms with van der Waals surface area (Å²) in [6.07, 6.45) is 1.12. The highest BCUT2D eigenvalue weighted by atomic mass is 79.9. The summed E-state index contributed by atoms with van der Waals surface area (Å²) in [7, 11) is 3.45. The maximum atomic E-state index is 12.6. The van der Waals surface area contributed by atoms with Crippen LogP contribution in [0.25, 0.3) is 0 Å². The molecule has 3 rings (SSSR count). The molecule has 0 spiro atoms. The quantitative estimate of drug-likeness (QED) is 0.401. The van der Waals surface area contributed by atoms with Crippen molar-refractivity contribution in [2.24, 2.45) is 0 Å². The molecule has 0 aliphatic carbocycles. The normalized spacial score (nSPS) is 10.3. The first-order valence-corrected chi connectivity index (χ1v) is 11.9. The molecule has 0 radical (unpaired) electrons. The fraction of sp³-hybridized carbons (Fsp3) is 0.192. The van der Waals surface area contributed by atoms with Crippen LogP contribution in [0.4, 0.5) is 5.69 Å². The van der Waals surface area contributed by atoms with Crippen molar-refractivity contribution >= 4 is 50.8 Å². The summed E-state index contributed by atoms with van der Waals surface area (Å²) < 4.78 is 6.53. The average molecular weight is 540 g/mol. The van der Waals surface area contributed by atoms with E-state index in [-0.39, 0.29) is 16.9 Å². The van der Waals surface area contributed by atoms with E-state index >= 15 is 0 Å². The summed E-state index contributed by atoms with van der Waals surface area (Å²) in [4.78, 5) is 26.0. The predicted octanol–water partition coefficient (Wildman–Crippen LogP) is 4.83. The number of hydrogen-bond donors (Lipinski definition) is 2. The number of carbonyl (C=O) groups is 2. The molecule has 176 valence electrons. The lowest BCUT2D eigenvalue weighted by Crippen LogP contribution is -2.34. The minimum atomic E-state index is -0.331. The second kappa shape index (κ2) is 12.3. The minimum absolute atomic E-state index is 0.0299. The number of hydrogen-bond acceptors (Lipinski definition) is 4. The molecule has 0 fully saturated rings. The molecule has 0 saturated heterocycles. The lowest BCUT2D eigenvalue weighted by molar-refractivity contribution is -0.127. The van der Waals surface area contributed by atoms with E-state index in [9.17, 15) is 9.59 Å². The molecule has 6 nitrogen and oxygen atoms in total. The first-order chi connectivity index (χ1) is 16.3. The fourth-order valence-corrected chi connectivity index (χ4v) is 3.76. The number of anilines is 1. The highest BCUT2D eigenvalue weighted by molar-refractivity contribution is 9.10. The van der Waals surface area contributed by atoms with E-state index in [4.69, 9.17) is 17.0 Å². The van der Waals surface area contributed by atoms with Gasteiger partial charge in [-0.25, -0.2) is 0 Å². The summed E-state index contributed by atoms with van der Waals surface area (Å²) >= 11 is 8.75. The summed E-state index contributed by atoms with van der Waals surface area (Å²) in [5.41, 5.74) is 3.26. The third-order valence-electron chi connectivity index (χ3n) is 4.98. The highest BCUT2D eigenvalue weighted by Gasteiger charge is 2.12. The molecule has 0 aliphatic rings. The topological polar surface area (TPSA) is 70.7 Å². The Morgan fingerprint density at radius 3 is 2.32 bits per heavy atom. The van der Waals surface area contributed by atoms with Gasteiger partial charge in [-0.2, -0.15) is 0 Å². The zero-order valence-corrected chi connectivity index (χ0v) is 21.4. The Kier molecular flexibility index (Phi) is 9.18. The second-order valence-electron chi connectivity index (χ2n) is 7.80. The van der Waals surface area contributed by atoms with Gasteiger partial charge in [0.1, 0.15) is 5.75 Å². The molecule has 0 aromatic heterocycles. The summed E-state index contributed by atoms with van der Waals surface area (Å²) in [5, 5.41) is 5.84. The van der Waals surface area contributed by atoms with E-state index in [1.165, 1.54) is 5.56 Å². The number of amides is 2. The molecule has 3 aromatic rings. The Morgan fingerprint density at radius 1 is 0.971 bits per heavy atom. The van der Waals surface area contributed by atoms with Crippen LogP contribution in [0, 0.1) is 0 Å². The predicted molar refractivity (Wildman–Crippen MR) is 142 cm³/mol. The van der Waals surface area contributed by atoms with Crippen molar-refractivity contribution in [3.63, 3.8) is 0 Å². The van der Waals surface area contributed by atoms with Crippen LogP contribution < -0.4 is 15.4 Å². The minimum Gasteiger partial charge on any atom is -0.492 e. The third kappa shape index (κ3) is 7.67. The van der Waals surface area contributed by atoms with Crippen molar-refractivity contribution in [1.29, 1.82) is 0 Å². The number of carbonyl (C=O) groups excluding carboxylic acids is 2. The Bertz CT molecular complexity index is 1150. The number of nitrogens with one attached hydrogen (secondary N) is 2. The Labute approximate surface area is 213 Å². The van der Waals surface area contributed by atoms with Crippen molar-refractivity contribution in [3.8, 4) is 5.75 Å². The second-order valence-corrected chi connectivity index (χ2v) is 9.06. The Morgan fingerprint density at radius 2 is 1.68 bits per heavy atom. The van der Waals surface area contributed by atoms with Crippen LogP contribution in [0.3, 0.4) is 0 Å². The van der Waals surface area contributed by atoms with Gasteiger partial charge in [-0.3, -0.25) is 14.9 Å². The van der Waals surface area contributed by atoms with Crippen molar-refractivity contribution in [3.05, 3.63) is 94.0 Å². The number of halogens is 1. The number of benzene rings is 3. The van der Waals surface area contributed by atoms with E-state index in [2.05, 4.69) is 38.7 Å². The van der Waals surface area contributed by atoms with Crippen LogP contribution in [0.2, 0.25) is 0 Å². The average Bonchev–Trinajstić information content (AvgIpc) is 2.81. The smallest absolute Gasteiger partial charge is 0.257 e. The lowest BCUT2D eigenvalue weighted by atomic mass is 10.1. The molecule has 0 heterocycles. The van der Waals surface area contributed by atoms with E-state index in [1.54, 1.807) is 37.2 Å². The fourth-order valence-electron chi connectivity index (χ4n) is 3.06. The maximum absolute atomic E-state index is 12.6. The van der Waals surface area contributed by atoms with Crippen LogP contribution in [0.15, 0.2) is 77.3 Å².